The molecule has 0 bridgehead atoms. The lowest BCUT2D eigenvalue weighted by Crippen LogP contribution is -2.18. The van der Waals surface area contributed by atoms with Crippen LogP contribution >= 0.6 is 0 Å². The zero-order valence-corrected chi connectivity index (χ0v) is 22.3. The van der Waals surface area contributed by atoms with Crippen LogP contribution in [0.15, 0.2) is 16.7 Å². The third-order valence-corrected chi connectivity index (χ3v) is 6.71. The summed E-state index contributed by atoms with van der Waals surface area (Å²) in [6, 6.07) is 2.64. The van der Waals surface area contributed by atoms with Gasteiger partial charge in [0.1, 0.15) is 34.7 Å². The summed E-state index contributed by atoms with van der Waals surface area (Å²) < 4.78 is 239. The van der Waals surface area contributed by atoms with Crippen LogP contribution in [0.4, 0.5) is 74.6 Å². The number of aromatic nitrogens is 2. The fourth-order valence-electron chi connectivity index (χ4n) is 4.71. The van der Waals surface area contributed by atoms with E-state index in [1.165, 1.54) is 0 Å². The van der Waals surface area contributed by atoms with Crippen molar-refractivity contribution >= 4 is 5.57 Å². The Labute approximate surface area is 258 Å². The maximum atomic E-state index is 15.0. The molecule has 5 nitrogen and oxygen atoms in total. The summed E-state index contributed by atoms with van der Waals surface area (Å²) in [5.74, 6) is -35.6. The van der Waals surface area contributed by atoms with E-state index in [0.29, 0.717) is 0 Å². The highest BCUT2D eigenvalue weighted by atomic mass is 19.4. The van der Waals surface area contributed by atoms with E-state index in [-0.39, 0.29) is 0 Å². The molecule has 0 spiro atoms. The van der Waals surface area contributed by atoms with Crippen LogP contribution in [0.2, 0.25) is 0 Å². The molecule has 0 radical (unpaired) electrons. The summed E-state index contributed by atoms with van der Waals surface area (Å²) in [5, 5.41) is 29.1. The highest BCUT2D eigenvalue weighted by Crippen LogP contribution is 2.58. The van der Waals surface area contributed by atoms with E-state index in [1.807, 2.05) is 0 Å². The van der Waals surface area contributed by atoms with Crippen LogP contribution in [-0.4, -0.2) is 9.97 Å². The molecule has 3 aromatic rings. The van der Waals surface area contributed by atoms with Crippen LogP contribution in [0.3, 0.4) is 0 Å². The lowest BCUT2D eigenvalue weighted by Gasteiger charge is -2.16. The molecular weight excluding hydrogens is 717 g/mol. The first-order chi connectivity index (χ1) is 22.6. The van der Waals surface area contributed by atoms with Gasteiger partial charge in [0, 0.05) is 5.57 Å². The first kappa shape index (κ1) is 36.1. The fraction of sp³-hybridized carbons (Fsp3) is 0.148. The molecule has 1 aliphatic rings. The fourth-order valence-corrected chi connectivity index (χ4v) is 4.71. The largest absolute Gasteiger partial charge is 0.422 e. The number of nitrogens with zero attached hydrogens (tertiary/aromatic N) is 5. The molecule has 1 heterocycles. The number of nitriles is 3. The SMILES string of the molecule is N#C/C(=C1C(C(C#N)c2nc(F)nc(F)c2F)=C\1C(C#N)c1c(F)c(F)c(C(F)(F)F)c(F)c1F)c1c(F)c(F)c(C(F)(F)F)c(F)c1F. The predicted molar refractivity (Wildman–Crippen MR) is 121 cm³/mol. The van der Waals surface area contributed by atoms with Gasteiger partial charge in [0.05, 0.1) is 28.8 Å². The van der Waals surface area contributed by atoms with Gasteiger partial charge in [0.15, 0.2) is 46.5 Å². The van der Waals surface area contributed by atoms with Crippen molar-refractivity contribution in [2.75, 3.05) is 0 Å². The smallest absolute Gasteiger partial charge is 0.203 e. The summed E-state index contributed by atoms with van der Waals surface area (Å²) in [6.45, 7) is 0. The topological polar surface area (TPSA) is 97.2 Å². The Bertz CT molecular complexity index is 2100. The lowest BCUT2D eigenvalue weighted by molar-refractivity contribution is -0.144. The average molecular weight is 719 g/mol. The zero-order chi connectivity index (χ0) is 37.2. The zero-order valence-electron chi connectivity index (χ0n) is 22.3. The minimum atomic E-state index is -6.15. The summed E-state index contributed by atoms with van der Waals surface area (Å²) in [6.07, 6.45) is -14.5. The van der Waals surface area contributed by atoms with Crippen LogP contribution < -0.4 is 0 Å². The van der Waals surface area contributed by atoms with E-state index >= 15 is 0 Å². The quantitative estimate of drug-likeness (QED) is 0.0871. The second-order valence-corrected chi connectivity index (χ2v) is 9.34. The maximum absolute atomic E-state index is 15.0. The van der Waals surface area contributed by atoms with E-state index < -0.39 is 139 Å². The summed E-state index contributed by atoms with van der Waals surface area (Å²) in [5.41, 5.74) is -19.4. The highest BCUT2D eigenvalue weighted by molar-refractivity contribution is 5.95. The maximum Gasteiger partial charge on any atom is 0.422 e. The van der Waals surface area contributed by atoms with Crippen molar-refractivity contribution < 1.29 is 74.6 Å². The summed E-state index contributed by atoms with van der Waals surface area (Å²) in [4.78, 5) is 5.03. The Kier molecular flexibility index (Phi) is 8.89. The number of alkyl halides is 6. The molecular formula is C27H2F17N5. The molecule has 2 atom stereocenters. The molecule has 2 unspecified atom stereocenters. The van der Waals surface area contributed by atoms with E-state index in [2.05, 4.69) is 9.97 Å². The van der Waals surface area contributed by atoms with Crippen LogP contribution in [0.1, 0.15) is 39.8 Å². The second-order valence-electron chi connectivity index (χ2n) is 9.34. The van der Waals surface area contributed by atoms with Crippen molar-refractivity contribution in [1.29, 1.82) is 15.8 Å². The Morgan fingerprint density at radius 1 is 0.531 bits per heavy atom. The number of halogens is 17. The van der Waals surface area contributed by atoms with Crippen LogP contribution in [0.25, 0.3) is 5.57 Å². The molecule has 49 heavy (non-hydrogen) atoms. The number of hydrogen-bond donors (Lipinski definition) is 0. The molecule has 1 aromatic heterocycles. The minimum Gasteiger partial charge on any atom is -0.203 e. The van der Waals surface area contributed by atoms with Gasteiger partial charge in [-0.2, -0.15) is 60.3 Å². The van der Waals surface area contributed by atoms with E-state index in [0.717, 1.165) is 18.2 Å². The van der Waals surface area contributed by atoms with Gasteiger partial charge in [0.2, 0.25) is 5.82 Å². The van der Waals surface area contributed by atoms with Gasteiger partial charge in [-0.1, -0.05) is 0 Å². The van der Waals surface area contributed by atoms with Crippen molar-refractivity contribution in [3.05, 3.63) is 109 Å². The summed E-state index contributed by atoms with van der Waals surface area (Å²) in [7, 11) is 0. The molecule has 0 fully saturated rings. The van der Waals surface area contributed by atoms with E-state index in [9.17, 15) is 90.4 Å². The number of benzene rings is 2. The molecule has 0 N–H and O–H groups in total. The van der Waals surface area contributed by atoms with Crippen LogP contribution in [0.5, 0.6) is 0 Å². The van der Waals surface area contributed by atoms with Crippen molar-refractivity contribution in [2.45, 2.75) is 24.2 Å². The Morgan fingerprint density at radius 3 is 1.33 bits per heavy atom. The predicted octanol–water partition coefficient (Wildman–Crippen LogP) is 8.25. The molecule has 0 aliphatic heterocycles. The van der Waals surface area contributed by atoms with E-state index in [1.54, 1.807) is 0 Å². The van der Waals surface area contributed by atoms with Gasteiger partial charge in [-0.25, -0.2) is 40.1 Å². The van der Waals surface area contributed by atoms with E-state index in [4.69, 9.17) is 0 Å². The third kappa shape index (κ3) is 5.64. The standard InChI is InChI=1S/C27H2F17N5/c28-14-10(15(29)19(33)12(18(14)32)26(39,40)41)4(1-45)7-8(9(7)6(3-47)23-22(36)24(37)49-25(38)48-23)5(2-46)11-16(30)20(34)13(27(42,43)44)21(35)17(11)31/h4,6H/b8-5+. The van der Waals surface area contributed by atoms with Crippen molar-refractivity contribution in [2.24, 2.45) is 0 Å². The first-order valence-corrected chi connectivity index (χ1v) is 12.0. The minimum absolute atomic E-state index is 0.779. The molecule has 0 amide bonds. The van der Waals surface area contributed by atoms with Gasteiger partial charge in [-0.15, -0.1) is 0 Å². The normalized spacial score (nSPS) is 15.4. The summed E-state index contributed by atoms with van der Waals surface area (Å²) >= 11 is 0. The monoisotopic (exact) mass is 719 g/mol. The molecule has 4 rings (SSSR count). The molecule has 1 aliphatic carbocycles. The van der Waals surface area contributed by atoms with Gasteiger partial charge in [-0.05, 0) is 11.1 Å². The van der Waals surface area contributed by atoms with Gasteiger partial charge in [0.25, 0.3) is 5.95 Å². The Morgan fingerprint density at radius 2 is 0.939 bits per heavy atom. The Hall–Kier alpha value is -5.72. The molecule has 0 saturated heterocycles. The average Bonchev–Trinajstić information content (AvgIpc) is 3.70. The van der Waals surface area contributed by atoms with Crippen molar-refractivity contribution in [3.8, 4) is 18.2 Å². The molecule has 254 valence electrons. The van der Waals surface area contributed by atoms with Crippen LogP contribution in [0, 0.1) is 98.4 Å². The molecule has 2 aromatic carbocycles. The van der Waals surface area contributed by atoms with Gasteiger partial charge < -0.3 is 0 Å². The molecule has 0 saturated carbocycles. The Balaban J connectivity index is 2.18. The van der Waals surface area contributed by atoms with Crippen molar-refractivity contribution in [1.82, 2.24) is 9.97 Å². The van der Waals surface area contributed by atoms with Gasteiger partial charge >= 0.3 is 18.4 Å². The first-order valence-electron chi connectivity index (χ1n) is 12.0. The lowest BCUT2D eigenvalue weighted by atomic mass is 9.92. The number of allylic oxidation sites excluding steroid dienone is 4. The van der Waals surface area contributed by atoms with Gasteiger partial charge in [-0.3, -0.25) is 0 Å². The highest BCUT2D eigenvalue weighted by Gasteiger charge is 2.51. The van der Waals surface area contributed by atoms with Crippen LogP contribution in [-0.2, 0) is 12.4 Å². The molecule has 22 heteroatoms. The number of hydrogen-bond acceptors (Lipinski definition) is 5. The third-order valence-electron chi connectivity index (χ3n) is 6.71. The second kappa shape index (κ2) is 12.1. The number of rotatable bonds is 5. The van der Waals surface area contributed by atoms with Crippen molar-refractivity contribution in [3.63, 3.8) is 0 Å².